The van der Waals surface area contributed by atoms with E-state index < -0.39 is 12.0 Å². The van der Waals surface area contributed by atoms with Crippen LogP contribution in [0.1, 0.15) is 15.9 Å². The third-order valence-electron chi connectivity index (χ3n) is 2.56. The smallest absolute Gasteiger partial charge is 0.338 e. The van der Waals surface area contributed by atoms with E-state index in [4.69, 9.17) is 10.2 Å². The monoisotopic (exact) mass is 292 g/mol. The Balaban J connectivity index is 2.09. The highest BCUT2D eigenvalue weighted by atomic mass is 32.1. The van der Waals surface area contributed by atoms with Gasteiger partial charge in [0.05, 0.1) is 12.2 Å². The average molecular weight is 292 g/mol. The summed E-state index contributed by atoms with van der Waals surface area (Å²) in [7, 11) is 0. The van der Waals surface area contributed by atoms with Crippen molar-refractivity contribution in [1.29, 1.82) is 0 Å². The Bertz CT molecular complexity index is 639. The Morgan fingerprint density at radius 1 is 1.15 bits per heavy atom. The van der Waals surface area contributed by atoms with Crippen LogP contribution in [0.25, 0.3) is 0 Å². The first-order valence-electron chi connectivity index (χ1n) is 5.69. The summed E-state index contributed by atoms with van der Waals surface area (Å²) >= 11 is 1.12. The second kappa shape index (κ2) is 6.18. The molecule has 0 aliphatic rings. The molecule has 6 nitrogen and oxygen atoms in total. The van der Waals surface area contributed by atoms with Crippen LogP contribution < -0.4 is 10.6 Å². The van der Waals surface area contributed by atoms with Crippen molar-refractivity contribution in [1.82, 2.24) is 0 Å². The van der Waals surface area contributed by atoms with Crippen molar-refractivity contribution in [3.63, 3.8) is 0 Å². The number of hydrogen-bond acceptors (Lipinski definition) is 4. The van der Waals surface area contributed by atoms with Gasteiger partial charge in [0.15, 0.2) is 0 Å². The number of urea groups is 1. The molecule has 0 spiro atoms. The number of aliphatic hydroxyl groups is 1. The van der Waals surface area contributed by atoms with Gasteiger partial charge in [0.25, 0.3) is 0 Å². The summed E-state index contributed by atoms with van der Waals surface area (Å²) in [6.45, 7) is -0.199. The van der Waals surface area contributed by atoms with Crippen molar-refractivity contribution in [3.8, 4) is 0 Å². The lowest BCUT2D eigenvalue weighted by molar-refractivity contribution is 0.0698. The van der Waals surface area contributed by atoms with Gasteiger partial charge in [-0.1, -0.05) is 18.2 Å². The third kappa shape index (κ3) is 3.14. The van der Waals surface area contributed by atoms with Gasteiger partial charge < -0.3 is 15.5 Å². The molecule has 4 N–H and O–H groups in total. The predicted molar refractivity (Wildman–Crippen MR) is 76.3 cm³/mol. The molecule has 2 rings (SSSR count). The molecule has 104 valence electrons. The second-order valence-corrected chi connectivity index (χ2v) is 4.78. The number of anilines is 2. The van der Waals surface area contributed by atoms with Crippen LogP contribution in [-0.4, -0.2) is 22.2 Å². The first-order valence-corrected chi connectivity index (χ1v) is 6.57. The molecule has 0 aliphatic carbocycles. The van der Waals surface area contributed by atoms with Crippen LogP contribution in [0, 0.1) is 0 Å². The van der Waals surface area contributed by atoms with E-state index >= 15 is 0 Å². The average Bonchev–Trinajstić information content (AvgIpc) is 2.87. The Morgan fingerprint density at radius 2 is 1.90 bits per heavy atom. The predicted octanol–water partition coefficient (Wildman–Crippen LogP) is 2.58. The number of aromatic carboxylic acids is 1. The molecule has 20 heavy (non-hydrogen) atoms. The lowest BCUT2D eigenvalue weighted by atomic mass is 10.2. The number of carbonyl (C=O) groups excluding carboxylic acids is 1. The molecular weight excluding hydrogens is 280 g/mol. The zero-order valence-corrected chi connectivity index (χ0v) is 11.1. The summed E-state index contributed by atoms with van der Waals surface area (Å²) in [5, 5.41) is 25.0. The quantitative estimate of drug-likeness (QED) is 0.696. The van der Waals surface area contributed by atoms with E-state index in [0.29, 0.717) is 11.3 Å². The zero-order chi connectivity index (χ0) is 14.5. The molecule has 2 aromatic rings. The molecule has 0 radical (unpaired) electrons. The highest BCUT2D eigenvalue weighted by Gasteiger charge is 2.14. The van der Waals surface area contributed by atoms with E-state index in [1.54, 1.807) is 29.6 Å². The summed E-state index contributed by atoms with van der Waals surface area (Å²) in [6, 6.07) is 7.67. The van der Waals surface area contributed by atoms with Crippen LogP contribution in [0.4, 0.5) is 15.5 Å². The van der Waals surface area contributed by atoms with E-state index in [0.717, 1.165) is 11.3 Å². The molecule has 1 aromatic heterocycles. The van der Waals surface area contributed by atoms with E-state index in [-0.39, 0.29) is 17.2 Å². The van der Waals surface area contributed by atoms with E-state index in [1.165, 1.54) is 6.07 Å². The number of thiophene rings is 1. The van der Waals surface area contributed by atoms with Crippen molar-refractivity contribution in [2.24, 2.45) is 0 Å². The summed E-state index contributed by atoms with van der Waals surface area (Å²) < 4.78 is 0. The van der Waals surface area contributed by atoms with Gasteiger partial charge >= 0.3 is 12.0 Å². The van der Waals surface area contributed by atoms with Crippen LogP contribution >= 0.6 is 11.3 Å². The molecule has 0 bridgehead atoms. The third-order valence-corrected chi connectivity index (χ3v) is 3.39. The topological polar surface area (TPSA) is 98.7 Å². The first kappa shape index (κ1) is 14.0. The fourth-order valence-electron chi connectivity index (χ4n) is 1.61. The molecule has 0 aliphatic heterocycles. The second-order valence-electron chi connectivity index (χ2n) is 3.86. The van der Waals surface area contributed by atoms with Gasteiger partial charge in [0.2, 0.25) is 0 Å². The molecular formula is C13H12N2O4S. The van der Waals surface area contributed by atoms with Crippen molar-refractivity contribution in [3.05, 3.63) is 46.8 Å². The Hall–Kier alpha value is -2.38. The standard InChI is InChI=1S/C13H12N2O4S/c16-7-8-3-1-2-4-10(8)14-13(19)15-11-9(12(17)18)5-6-20-11/h1-6,16H,7H2,(H,17,18)(H2,14,15,19). The normalized spacial score (nSPS) is 10.1. The number of carboxylic acid groups (broad SMARTS) is 1. The van der Waals surface area contributed by atoms with Gasteiger partial charge in [-0.25, -0.2) is 9.59 Å². The highest BCUT2D eigenvalue weighted by molar-refractivity contribution is 7.14. The number of nitrogens with one attached hydrogen (secondary N) is 2. The van der Waals surface area contributed by atoms with E-state index in [9.17, 15) is 9.59 Å². The number of aliphatic hydroxyl groups excluding tert-OH is 1. The summed E-state index contributed by atoms with van der Waals surface area (Å²) in [6.07, 6.45) is 0. The summed E-state index contributed by atoms with van der Waals surface area (Å²) in [4.78, 5) is 22.8. The number of carbonyl (C=O) groups is 2. The highest BCUT2D eigenvalue weighted by Crippen LogP contribution is 2.23. The fourth-order valence-corrected chi connectivity index (χ4v) is 2.39. The van der Waals surface area contributed by atoms with E-state index in [2.05, 4.69) is 10.6 Å². The minimum Gasteiger partial charge on any atom is -0.478 e. The van der Waals surface area contributed by atoms with Gasteiger partial charge in [0.1, 0.15) is 5.00 Å². The van der Waals surface area contributed by atoms with Crippen molar-refractivity contribution in [2.45, 2.75) is 6.61 Å². The lowest BCUT2D eigenvalue weighted by Gasteiger charge is -2.10. The lowest BCUT2D eigenvalue weighted by Crippen LogP contribution is -2.20. The molecule has 0 unspecified atom stereocenters. The zero-order valence-electron chi connectivity index (χ0n) is 10.3. The van der Waals surface area contributed by atoms with Gasteiger partial charge in [0, 0.05) is 11.3 Å². The van der Waals surface area contributed by atoms with Gasteiger partial charge in [-0.15, -0.1) is 11.3 Å². The van der Waals surface area contributed by atoms with E-state index in [1.807, 2.05) is 0 Å². The molecule has 2 amide bonds. The molecule has 7 heteroatoms. The SMILES string of the molecule is O=C(Nc1ccccc1CO)Nc1sccc1C(=O)O. The van der Waals surface area contributed by atoms with Gasteiger partial charge in [-0.3, -0.25) is 5.32 Å². The Labute approximate surface area is 118 Å². The van der Waals surface area contributed by atoms with Crippen molar-refractivity contribution >= 4 is 34.0 Å². The van der Waals surface area contributed by atoms with Crippen LogP contribution in [0.5, 0.6) is 0 Å². The summed E-state index contributed by atoms with van der Waals surface area (Å²) in [5.41, 5.74) is 1.09. The molecule has 0 fully saturated rings. The van der Waals surface area contributed by atoms with Crippen molar-refractivity contribution < 1.29 is 19.8 Å². The van der Waals surface area contributed by atoms with Gasteiger partial charge in [-0.2, -0.15) is 0 Å². The van der Waals surface area contributed by atoms with Crippen LogP contribution in [-0.2, 0) is 6.61 Å². The number of hydrogen-bond donors (Lipinski definition) is 4. The largest absolute Gasteiger partial charge is 0.478 e. The maximum Gasteiger partial charge on any atom is 0.338 e. The molecule has 0 atom stereocenters. The van der Waals surface area contributed by atoms with Gasteiger partial charge in [-0.05, 0) is 17.5 Å². The molecule has 1 heterocycles. The number of para-hydroxylation sites is 1. The number of benzene rings is 1. The maximum atomic E-state index is 11.8. The Morgan fingerprint density at radius 3 is 2.60 bits per heavy atom. The molecule has 1 aromatic carbocycles. The minimum absolute atomic E-state index is 0.0422. The first-order chi connectivity index (χ1) is 9.61. The number of carboxylic acids is 1. The van der Waals surface area contributed by atoms with Crippen LogP contribution in [0.15, 0.2) is 35.7 Å². The Kier molecular flexibility index (Phi) is 4.34. The molecule has 0 saturated heterocycles. The van der Waals surface area contributed by atoms with Crippen LogP contribution in [0.2, 0.25) is 0 Å². The fraction of sp³-hybridized carbons (Fsp3) is 0.0769. The molecule has 0 saturated carbocycles. The summed E-state index contributed by atoms with van der Waals surface area (Å²) in [5.74, 6) is -1.10. The number of amides is 2. The van der Waals surface area contributed by atoms with Crippen LogP contribution in [0.3, 0.4) is 0 Å². The minimum atomic E-state index is -1.10. The van der Waals surface area contributed by atoms with Crippen molar-refractivity contribution in [2.75, 3.05) is 10.6 Å². The number of rotatable bonds is 4. The maximum absolute atomic E-state index is 11.8.